The average Bonchev–Trinajstić information content (AvgIpc) is 2.44. The molecule has 0 saturated carbocycles. The van der Waals surface area contributed by atoms with Gasteiger partial charge < -0.3 is 5.32 Å². The summed E-state index contributed by atoms with van der Waals surface area (Å²) in [6, 6.07) is 7.38. The molecule has 108 valence electrons. The van der Waals surface area contributed by atoms with Crippen molar-refractivity contribution in [3.05, 3.63) is 36.7 Å². The molecule has 5 nitrogen and oxygen atoms in total. The van der Waals surface area contributed by atoms with Crippen LogP contribution in [0.2, 0.25) is 0 Å². The lowest BCUT2D eigenvalue weighted by atomic mass is 10.1. The van der Waals surface area contributed by atoms with Crippen LogP contribution in [-0.2, 0) is 10.0 Å². The smallest absolute Gasteiger partial charge is 0.232 e. The van der Waals surface area contributed by atoms with E-state index in [0.29, 0.717) is 18.7 Å². The maximum absolute atomic E-state index is 12.0. The summed E-state index contributed by atoms with van der Waals surface area (Å²) in [5.74, 6) is 0.108. The lowest BCUT2D eigenvalue weighted by Crippen LogP contribution is -2.22. The fourth-order valence-electron chi connectivity index (χ4n) is 1.98. The molecule has 0 aliphatic rings. The standard InChI is InChI=1S/C14H19N3O2S/c1-2-15-8-4-10-20(18,19)17-14-6-3-5-12-7-9-16-11-13(12)14/h3,5-7,9,11,15,17H,2,4,8,10H2,1H3. The molecule has 0 fully saturated rings. The van der Waals surface area contributed by atoms with Crippen molar-refractivity contribution in [3.8, 4) is 0 Å². The van der Waals surface area contributed by atoms with Crippen molar-refractivity contribution in [2.75, 3.05) is 23.6 Å². The quantitative estimate of drug-likeness (QED) is 0.766. The topological polar surface area (TPSA) is 71.1 Å². The van der Waals surface area contributed by atoms with Gasteiger partial charge in [-0.3, -0.25) is 9.71 Å². The van der Waals surface area contributed by atoms with Crippen molar-refractivity contribution < 1.29 is 8.42 Å². The summed E-state index contributed by atoms with van der Waals surface area (Å²) in [6.07, 6.45) is 3.95. The maximum atomic E-state index is 12.0. The van der Waals surface area contributed by atoms with Crippen LogP contribution >= 0.6 is 0 Å². The zero-order chi connectivity index (χ0) is 14.4. The van der Waals surface area contributed by atoms with Gasteiger partial charge >= 0.3 is 0 Å². The van der Waals surface area contributed by atoms with E-state index in [1.165, 1.54) is 0 Å². The van der Waals surface area contributed by atoms with Crippen LogP contribution in [0.25, 0.3) is 10.8 Å². The Kier molecular flexibility index (Phi) is 4.92. The summed E-state index contributed by atoms with van der Waals surface area (Å²) in [4.78, 5) is 4.05. The van der Waals surface area contributed by atoms with Crippen molar-refractivity contribution in [2.24, 2.45) is 0 Å². The highest BCUT2D eigenvalue weighted by Gasteiger charge is 2.11. The highest BCUT2D eigenvalue weighted by molar-refractivity contribution is 7.92. The lowest BCUT2D eigenvalue weighted by Gasteiger charge is -2.10. The summed E-state index contributed by atoms with van der Waals surface area (Å²) in [5, 5.41) is 4.89. The van der Waals surface area contributed by atoms with E-state index < -0.39 is 10.0 Å². The molecule has 2 rings (SSSR count). The number of anilines is 1. The zero-order valence-corrected chi connectivity index (χ0v) is 12.3. The number of rotatable bonds is 7. The number of pyridine rings is 1. The number of hydrogen-bond acceptors (Lipinski definition) is 4. The average molecular weight is 293 g/mol. The minimum Gasteiger partial charge on any atom is -0.317 e. The first-order valence-electron chi connectivity index (χ1n) is 6.66. The van der Waals surface area contributed by atoms with E-state index in [1.54, 1.807) is 18.5 Å². The molecule has 1 aromatic heterocycles. The van der Waals surface area contributed by atoms with Crippen LogP contribution in [0.1, 0.15) is 13.3 Å². The first-order chi connectivity index (χ1) is 9.62. The number of fused-ring (bicyclic) bond motifs is 1. The monoisotopic (exact) mass is 293 g/mol. The van der Waals surface area contributed by atoms with Crippen molar-refractivity contribution in [1.29, 1.82) is 0 Å². The molecule has 1 aromatic carbocycles. The zero-order valence-electron chi connectivity index (χ0n) is 11.5. The van der Waals surface area contributed by atoms with Gasteiger partial charge in [-0.1, -0.05) is 19.1 Å². The molecular weight excluding hydrogens is 274 g/mol. The lowest BCUT2D eigenvalue weighted by molar-refractivity contribution is 0.595. The highest BCUT2D eigenvalue weighted by Crippen LogP contribution is 2.23. The molecule has 0 atom stereocenters. The van der Waals surface area contributed by atoms with E-state index >= 15 is 0 Å². The molecule has 0 bridgehead atoms. The Hall–Kier alpha value is -1.66. The minimum atomic E-state index is -3.32. The third-order valence-corrected chi connectivity index (χ3v) is 4.32. The van der Waals surface area contributed by atoms with Gasteiger partial charge in [0.25, 0.3) is 0 Å². The maximum Gasteiger partial charge on any atom is 0.232 e. The summed E-state index contributed by atoms with van der Waals surface area (Å²) in [7, 11) is -3.32. The molecule has 2 N–H and O–H groups in total. The third-order valence-electron chi connectivity index (χ3n) is 2.97. The second kappa shape index (κ2) is 6.67. The Morgan fingerprint density at radius 2 is 2.10 bits per heavy atom. The fourth-order valence-corrected chi connectivity index (χ4v) is 3.12. The number of nitrogens with one attached hydrogen (secondary N) is 2. The molecule has 0 saturated heterocycles. The number of hydrogen-bond donors (Lipinski definition) is 2. The van der Waals surface area contributed by atoms with Gasteiger partial charge in [-0.2, -0.15) is 0 Å². The van der Waals surface area contributed by atoms with Crippen LogP contribution < -0.4 is 10.0 Å². The predicted molar refractivity (Wildman–Crippen MR) is 82.3 cm³/mol. The number of aromatic nitrogens is 1. The molecule has 0 aliphatic carbocycles. The summed E-state index contributed by atoms with van der Waals surface area (Å²) < 4.78 is 26.7. The van der Waals surface area contributed by atoms with Crippen molar-refractivity contribution in [3.63, 3.8) is 0 Å². The van der Waals surface area contributed by atoms with E-state index in [9.17, 15) is 8.42 Å². The summed E-state index contributed by atoms with van der Waals surface area (Å²) >= 11 is 0. The third kappa shape index (κ3) is 3.91. The van der Waals surface area contributed by atoms with Gasteiger partial charge in [0.15, 0.2) is 0 Å². The Morgan fingerprint density at radius 3 is 2.90 bits per heavy atom. The molecule has 0 aliphatic heterocycles. The number of sulfonamides is 1. The van der Waals surface area contributed by atoms with Gasteiger partial charge in [-0.25, -0.2) is 8.42 Å². The van der Waals surface area contributed by atoms with Crippen LogP contribution in [0.3, 0.4) is 0 Å². The molecule has 2 aromatic rings. The van der Waals surface area contributed by atoms with Crippen LogP contribution in [0.5, 0.6) is 0 Å². The second-order valence-electron chi connectivity index (χ2n) is 4.53. The van der Waals surface area contributed by atoms with Gasteiger partial charge in [-0.05, 0) is 37.0 Å². The van der Waals surface area contributed by atoms with Crippen molar-refractivity contribution in [1.82, 2.24) is 10.3 Å². The van der Waals surface area contributed by atoms with Gasteiger partial charge in [0.1, 0.15) is 0 Å². The molecule has 0 unspecified atom stereocenters. The Bertz CT molecular complexity index is 666. The molecular formula is C14H19N3O2S. The molecule has 6 heteroatoms. The van der Waals surface area contributed by atoms with E-state index in [-0.39, 0.29) is 5.75 Å². The first-order valence-corrected chi connectivity index (χ1v) is 8.31. The first kappa shape index (κ1) is 14.7. The number of benzene rings is 1. The van der Waals surface area contributed by atoms with Gasteiger partial charge in [0.05, 0.1) is 11.4 Å². The Morgan fingerprint density at radius 1 is 1.25 bits per heavy atom. The molecule has 0 amide bonds. The fraction of sp³-hybridized carbons (Fsp3) is 0.357. The Balaban J connectivity index is 2.11. The number of nitrogens with zero attached hydrogens (tertiary/aromatic N) is 1. The molecule has 0 spiro atoms. The van der Waals surface area contributed by atoms with Crippen LogP contribution in [0, 0.1) is 0 Å². The normalized spacial score (nSPS) is 11.7. The summed E-state index contributed by atoms with van der Waals surface area (Å²) in [5.41, 5.74) is 0.582. The van der Waals surface area contributed by atoms with Gasteiger partial charge in [0.2, 0.25) is 10.0 Å². The predicted octanol–water partition coefficient (Wildman–Crippen LogP) is 1.98. The Labute approximate surface area is 119 Å². The van der Waals surface area contributed by atoms with Gasteiger partial charge in [-0.15, -0.1) is 0 Å². The van der Waals surface area contributed by atoms with Crippen LogP contribution in [-0.4, -0.2) is 32.2 Å². The van der Waals surface area contributed by atoms with E-state index in [1.807, 2.05) is 25.1 Å². The highest BCUT2D eigenvalue weighted by atomic mass is 32.2. The molecule has 1 heterocycles. The molecule has 20 heavy (non-hydrogen) atoms. The van der Waals surface area contributed by atoms with Crippen LogP contribution in [0.4, 0.5) is 5.69 Å². The second-order valence-corrected chi connectivity index (χ2v) is 6.37. The van der Waals surface area contributed by atoms with Crippen LogP contribution in [0.15, 0.2) is 36.7 Å². The molecule has 0 radical (unpaired) electrons. The largest absolute Gasteiger partial charge is 0.317 e. The van der Waals surface area contributed by atoms with E-state index in [2.05, 4.69) is 15.0 Å². The van der Waals surface area contributed by atoms with Crippen molar-refractivity contribution in [2.45, 2.75) is 13.3 Å². The SMILES string of the molecule is CCNCCCS(=O)(=O)Nc1cccc2ccncc12. The van der Waals surface area contributed by atoms with Crippen molar-refractivity contribution >= 4 is 26.5 Å². The minimum absolute atomic E-state index is 0.108. The summed E-state index contributed by atoms with van der Waals surface area (Å²) in [6.45, 7) is 3.55. The van der Waals surface area contributed by atoms with Gasteiger partial charge in [0, 0.05) is 17.8 Å². The van der Waals surface area contributed by atoms with E-state index in [4.69, 9.17) is 0 Å². The van der Waals surface area contributed by atoms with E-state index in [0.717, 1.165) is 17.3 Å².